The van der Waals surface area contributed by atoms with Gasteiger partial charge in [0.25, 0.3) is 0 Å². The Morgan fingerprint density at radius 2 is 1.54 bits per heavy atom. The molecule has 1 aliphatic heterocycles. The first-order chi connectivity index (χ1) is 13.3. The van der Waals surface area contributed by atoms with E-state index >= 15 is 0 Å². The van der Waals surface area contributed by atoms with Crippen molar-refractivity contribution in [2.45, 2.75) is 65.8 Å². The molecule has 0 aliphatic carbocycles. The van der Waals surface area contributed by atoms with E-state index in [0.29, 0.717) is 0 Å². The van der Waals surface area contributed by atoms with E-state index in [1.807, 2.05) is 0 Å². The van der Waals surface area contributed by atoms with E-state index in [-0.39, 0.29) is 0 Å². The van der Waals surface area contributed by atoms with Crippen LogP contribution in [0, 0.1) is 0 Å². The molecule has 2 heterocycles. The lowest BCUT2D eigenvalue weighted by Crippen LogP contribution is -2.32. The van der Waals surface area contributed by atoms with Gasteiger partial charge >= 0.3 is 7.25 Å². The Bertz CT molecular complexity index is 539. The molecular weight excluding hydrogens is 367 g/mol. The fourth-order valence-electron chi connectivity index (χ4n) is 2.57. The molecule has 0 unspecified atom stereocenters. The van der Waals surface area contributed by atoms with Crippen LogP contribution in [0.4, 0.5) is 17.3 Å². The summed E-state index contributed by atoms with van der Waals surface area (Å²) < 4.78 is 41.2. The number of aryl methyl sites for hydroxylation is 1. The molecule has 1 aromatic rings. The molecule has 160 valence electrons. The summed E-state index contributed by atoms with van der Waals surface area (Å²) in [5.74, 6) is 0. The van der Waals surface area contributed by atoms with Crippen molar-refractivity contribution in [2.24, 2.45) is 0 Å². The number of halogens is 4. The van der Waals surface area contributed by atoms with Crippen molar-refractivity contribution in [3.05, 3.63) is 54.5 Å². The smallest absolute Gasteiger partial charge is 0.418 e. The van der Waals surface area contributed by atoms with E-state index in [1.54, 1.807) is 0 Å². The van der Waals surface area contributed by atoms with Gasteiger partial charge in [0.05, 0.1) is 0 Å². The van der Waals surface area contributed by atoms with Gasteiger partial charge in [-0.2, -0.15) is 0 Å². The van der Waals surface area contributed by atoms with Gasteiger partial charge in [-0.05, 0) is 32.0 Å². The Hall–Kier alpha value is -1.79. The molecule has 2 nitrogen and oxygen atoms in total. The minimum absolute atomic E-state index is 1.12. The second-order valence-corrected chi connectivity index (χ2v) is 6.85. The van der Waals surface area contributed by atoms with E-state index in [1.165, 1.54) is 57.2 Å². The van der Waals surface area contributed by atoms with Crippen LogP contribution in [0.5, 0.6) is 0 Å². The molecule has 2 rings (SSSR count). The van der Waals surface area contributed by atoms with Crippen LogP contribution in [-0.2, 0) is 6.54 Å². The van der Waals surface area contributed by atoms with Crippen molar-refractivity contribution in [2.75, 3.05) is 13.1 Å². The quantitative estimate of drug-likeness (QED) is 0.211. The minimum Gasteiger partial charge on any atom is -0.418 e. The third kappa shape index (κ3) is 19.0. The largest absolute Gasteiger partial charge is 0.673 e. The van der Waals surface area contributed by atoms with Gasteiger partial charge in [-0.25, -0.2) is 4.57 Å². The van der Waals surface area contributed by atoms with Crippen molar-refractivity contribution in [1.29, 1.82) is 0 Å². The Morgan fingerprint density at radius 3 is 2.07 bits per heavy atom. The molecule has 0 bridgehead atoms. The molecule has 0 fully saturated rings. The Balaban J connectivity index is 0.000000424. The zero-order valence-electron chi connectivity index (χ0n) is 17.5. The third-order valence-electron chi connectivity index (χ3n) is 3.98. The zero-order chi connectivity index (χ0) is 21.3. The first kappa shape index (κ1) is 26.2. The molecule has 1 aliphatic rings. The summed E-state index contributed by atoms with van der Waals surface area (Å²) in [6, 6.07) is 6.22. The summed E-state index contributed by atoms with van der Waals surface area (Å²) in [5.41, 5.74) is 1.46. The van der Waals surface area contributed by atoms with E-state index in [0.717, 1.165) is 6.54 Å². The van der Waals surface area contributed by atoms with E-state index < -0.39 is 7.25 Å². The molecule has 0 spiro atoms. The normalized spacial score (nSPS) is 13.1. The van der Waals surface area contributed by atoms with Gasteiger partial charge in [0.15, 0.2) is 12.4 Å². The number of allylic oxidation sites excluding steroid dienone is 2. The highest BCUT2D eigenvalue weighted by molar-refractivity contribution is 6.50. The summed E-state index contributed by atoms with van der Waals surface area (Å²) >= 11 is 0. The lowest BCUT2D eigenvalue weighted by atomic mass is 10.2. The molecular formula is C21H35BF4N2. The van der Waals surface area contributed by atoms with Crippen LogP contribution in [0.15, 0.2) is 54.5 Å². The standard InChI is InChI=1S/C11H18N.C10H17N.BF4/c1-2-3-4-6-9-12-10-7-5-8-11-12;1-3-4-7-11-8-5-6-10(2)9-11;2-1(3,4)5/h5,7-8,10-11H,2-4,6,9H2,1H3;5-6,8H,3-4,7,9H2,1-2H3;/q+1;;-1. The molecule has 0 saturated heterocycles. The summed E-state index contributed by atoms with van der Waals surface area (Å²) in [6.45, 7) is 10.2. The van der Waals surface area contributed by atoms with Crippen LogP contribution in [0.2, 0.25) is 0 Å². The van der Waals surface area contributed by atoms with Crippen molar-refractivity contribution in [1.82, 2.24) is 4.90 Å². The lowest BCUT2D eigenvalue weighted by molar-refractivity contribution is -0.697. The molecule has 0 N–H and O–H groups in total. The van der Waals surface area contributed by atoms with Crippen molar-refractivity contribution < 1.29 is 21.8 Å². The summed E-state index contributed by atoms with van der Waals surface area (Å²) in [4.78, 5) is 2.37. The lowest BCUT2D eigenvalue weighted by Gasteiger charge is -2.22. The second-order valence-electron chi connectivity index (χ2n) is 6.85. The highest BCUT2D eigenvalue weighted by Gasteiger charge is 2.20. The maximum atomic E-state index is 9.75. The maximum absolute atomic E-state index is 9.75. The highest BCUT2D eigenvalue weighted by atomic mass is 19.5. The zero-order valence-corrected chi connectivity index (χ0v) is 17.5. The monoisotopic (exact) mass is 402 g/mol. The van der Waals surface area contributed by atoms with Crippen molar-refractivity contribution in [3.63, 3.8) is 0 Å². The molecule has 0 amide bonds. The summed E-state index contributed by atoms with van der Waals surface area (Å²) in [7, 11) is -6.00. The van der Waals surface area contributed by atoms with Gasteiger partial charge in [0.1, 0.15) is 6.54 Å². The van der Waals surface area contributed by atoms with E-state index in [9.17, 15) is 17.3 Å². The maximum Gasteiger partial charge on any atom is 0.673 e. The predicted molar refractivity (Wildman–Crippen MR) is 110 cm³/mol. The molecule has 7 heteroatoms. The van der Waals surface area contributed by atoms with Crippen LogP contribution in [0.1, 0.15) is 59.3 Å². The van der Waals surface area contributed by atoms with Crippen molar-refractivity contribution >= 4 is 7.25 Å². The van der Waals surface area contributed by atoms with Gasteiger partial charge in [0.2, 0.25) is 0 Å². The first-order valence-electron chi connectivity index (χ1n) is 10.2. The molecule has 0 atom stereocenters. The summed E-state index contributed by atoms with van der Waals surface area (Å²) in [5, 5.41) is 0. The van der Waals surface area contributed by atoms with Gasteiger partial charge in [-0.15, -0.1) is 0 Å². The average Bonchev–Trinajstić information content (AvgIpc) is 2.64. The average molecular weight is 402 g/mol. The molecule has 0 aromatic carbocycles. The van der Waals surface area contributed by atoms with Gasteiger partial charge in [-0.3, -0.25) is 0 Å². The molecule has 0 radical (unpaired) electrons. The fraction of sp³-hybridized carbons (Fsp3) is 0.571. The second kappa shape index (κ2) is 16.2. The minimum atomic E-state index is -6.00. The van der Waals surface area contributed by atoms with Crippen molar-refractivity contribution in [3.8, 4) is 0 Å². The van der Waals surface area contributed by atoms with Gasteiger partial charge in [0, 0.05) is 31.6 Å². The van der Waals surface area contributed by atoms with Crippen LogP contribution in [0.3, 0.4) is 0 Å². The highest BCUT2D eigenvalue weighted by Crippen LogP contribution is 2.07. The number of nitrogens with zero attached hydrogens (tertiary/aromatic N) is 2. The number of unbranched alkanes of at least 4 members (excludes halogenated alkanes) is 4. The Kier molecular flexibility index (Phi) is 15.2. The molecule has 1 aromatic heterocycles. The molecule has 0 saturated carbocycles. The first-order valence-corrected chi connectivity index (χ1v) is 10.2. The Morgan fingerprint density at radius 1 is 0.929 bits per heavy atom. The van der Waals surface area contributed by atoms with Crippen LogP contribution < -0.4 is 4.57 Å². The molecule has 28 heavy (non-hydrogen) atoms. The van der Waals surface area contributed by atoms with Crippen LogP contribution in [-0.4, -0.2) is 25.2 Å². The van der Waals surface area contributed by atoms with Gasteiger partial charge in [-0.1, -0.05) is 50.8 Å². The number of aromatic nitrogens is 1. The van der Waals surface area contributed by atoms with Gasteiger partial charge < -0.3 is 22.2 Å². The number of pyridine rings is 1. The van der Waals surface area contributed by atoms with E-state index in [4.69, 9.17) is 0 Å². The third-order valence-corrected chi connectivity index (χ3v) is 3.98. The number of rotatable bonds is 8. The predicted octanol–water partition coefficient (Wildman–Crippen LogP) is 6.42. The summed E-state index contributed by atoms with van der Waals surface area (Å²) in [6.07, 6.45) is 18.7. The van der Waals surface area contributed by atoms with Crippen LogP contribution >= 0.6 is 0 Å². The SMILES string of the molecule is CCCCCC[n+]1ccccc1.CCCCN1C=CC=C(C)C1.F[B-](F)(F)F. The van der Waals surface area contributed by atoms with E-state index in [2.05, 4.69) is 79.2 Å². The topological polar surface area (TPSA) is 7.12 Å². The Labute approximate surface area is 168 Å². The van der Waals surface area contributed by atoms with Crippen LogP contribution in [0.25, 0.3) is 0 Å². The number of hydrogen-bond donors (Lipinski definition) is 0. The fourth-order valence-corrected chi connectivity index (χ4v) is 2.57. The number of hydrogen-bond acceptors (Lipinski definition) is 1.